The number of benzene rings is 1. The molecule has 0 saturated carbocycles. The van der Waals surface area contributed by atoms with Crippen molar-refractivity contribution >= 4 is 17.2 Å². The zero-order valence-corrected chi connectivity index (χ0v) is 14.7. The topological polar surface area (TPSA) is 68.9 Å². The molecule has 1 amide bonds. The van der Waals surface area contributed by atoms with E-state index < -0.39 is 5.91 Å². The summed E-state index contributed by atoms with van der Waals surface area (Å²) in [7, 11) is 0. The number of amides is 1. The van der Waals surface area contributed by atoms with Gasteiger partial charge < -0.3 is 5.73 Å². The van der Waals surface area contributed by atoms with Gasteiger partial charge in [-0.3, -0.25) is 9.78 Å². The maximum atomic E-state index is 11.4. The molecule has 0 radical (unpaired) electrons. The van der Waals surface area contributed by atoms with Gasteiger partial charge in [0.2, 0.25) is 5.91 Å². The van der Waals surface area contributed by atoms with Crippen LogP contribution in [0, 0.1) is 6.92 Å². The molecule has 4 nitrogen and oxygen atoms in total. The van der Waals surface area contributed by atoms with E-state index in [1.54, 1.807) is 29.7 Å². The van der Waals surface area contributed by atoms with Gasteiger partial charge in [0.1, 0.15) is 5.01 Å². The molecule has 1 aromatic carbocycles. The summed E-state index contributed by atoms with van der Waals surface area (Å²) in [5, 5.41) is 0.889. The van der Waals surface area contributed by atoms with Gasteiger partial charge in [-0.25, -0.2) is 4.98 Å². The molecule has 2 aromatic heterocycles. The normalized spacial score (nSPS) is 11.0. The van der Waals surface area contributed by atoms with Crippen molar-refractivity contribution in [2.24, 2.45) is 5.73 Å². The van der Waals surface area contributed by atoms with Crippen molar-refractivity contribution in [1.29, 1.82) is 0 Å². The molecule has 0 unspecified atom stereocenters. The van der Waals surface area contributed by atoms with Crippen molar-refractivity contribution in [3.63, 3.8) is 0 Å². The average Bonchev–Trinajstić information content (AvgIpc) is 3.01. The second-order valence-electron chi connectivity index (χ2n) is 6.02. The smallest absolute Gasteiger partial charge is 0.248 e. The highest BCUT2D eigenvalue weighted by atomic mass is 32.1. The van der Waals surface area contributed by atoms with E-state index in [1.165, 1.54) is 4.88 Å². The van der Waals surface area contributed by atoms with Crippen LogP contribution in [0.4, 0.5) is 0 Å². The third kappa shape index (κ3) is 3.08. The number of nitrogens with two attached hydrogens (primary N) is 1. The molecule has 0 bridgehead atoms. The van der Waals surface area contributed by atoms with Crippen molar-refractivity contribution in [2.45, 2.75) is 26.7 Å². The maximum Gasteiger partial charge on any atom is 0.248 e. The van der Waals surface area contributed by atoms with Gasteiger partial charge in [-0.15, -0.1) is 11.3 Å². The Morgan fingerprint density at radius 3 is 2.71 bits per heavy atom. The summed E-state index contributed by atoms with van der Waals surface area (Å²) in [4.78, 5) is 21.7. The first-order valence-electron chi connectivity index (χ1n) is 7.79. The first-order chi connectivity index (χ1) is 11.5. The van der Waals surface area contributed by atoms with Crippen LogP contribution in [-0.4, -0.2) is 15.9 Å². The fourth-order valence-corrected chi connectivity index (χ4v) is 3.64. The summed E-state index contributed by atoms with van der Waals surface area (Å²) < 4.78 is 0. The summed E-state index contributed by atoms with van der Waals surface area (Å²) >= 11 is 1.65. The van der Waals surface area contributed by atoms with Crippen molar-refractivity contribution in [1.82, 2.24) is 9.97 Å². The Balaban J connectivity index is 2.15. The number of nitrogens with zero attached hydrogens (tertiary/aromatic N) is 2. The van der Waals surface area contributed by atoms with Crippen LogP contribution in [0.25, 0.3) is 21.8 Å². The van der Waals surface area contributed by atoms with Crippen LogP contribution in [0.15, 0.2) is 42.7 Å². The summed E-state index contributed by atoms with van der Waals surface area (Å²) in [6, 6.07) is 9.29. The van der Waals surface area contributed by atoms with Crippen LogP contribution < -0.4 is 5.73 Å². The average molecular weight is 337 g/mol. The zero-order valence-electron chi connectivity index (χ0n) is 13.9. The van der Waals surface area contributed by atoms with Crippen LogP contribution in [-0.2, 0) is 0 Å². The molecule has 0 aliphatic heterocycles. The van der Waals surface area contributed by atoms with Crippen LogP contribution in [0.3, 0.4) is 0 Å². The minimum absolute atomic E-state index is 0.352. The second kappa shape index (κ2) is 6.53. The van der Waals surface area contributed by atoms with E-state index in [-0.39, 0.29) is 0 Å². The fourth-order valence-electron chi connectivity index (χ4n) is 2.56. The van der Waals surface area contributed by atoms with Crippen molar-refractivity contribution in [3.8, 4) is 21.8 Å². The van der Waals surface area contributed by atoms with Crippen LogP contribution >= 0.6 is 11.3 Å². The Labute approximate surface area is 145 Å². The van der Waals surface area contributed by atoms with E-state index in [4.69, 9.17) is 10.7 Å². The van der Waals surface area contributed by atoms with Gasteiger partial charge in [0, 0.05) is 34.0 Å². The Morgan fingerprint density at radius 2 is 2.04 bits per heavy atom. The molecule has 0 fully saturated rings. The number of rotatable bonds is 4. The lowest BCUT2D eigenvalue weighted by molar-refractivity contribution is 0.100. The lowest BCUT2D eigenvalue weighted by atomic mass is 10.0. The van der Waals surface area contributed by atoms with Crippen molar-refractivity contribution in [3.05, 3.63) is 58.7 Å². The number of thiazole rings is 1. The lowest BCUT2D eigenvalue weighted by Gasteiger charge is -2.07. The highest BCUT2D eigenvalue weighted by Gasteiger charge is 2.18. The van der Waals surface area contributed by atoms with Crippen molar-refractivity contribution in [2.75, 3.05) is 0 Å². The number of aryl methyl sites for hydroxylation is 1. The number of aromatic nitrogens is 2. The lowest BCUT2D eigenvalue weighted by Crippen LogP contribution is -2.10. The van der Waals surface area contributed by atoms with Crippen LogP contribution in [0.5, 0.6) is 0 Å². The highest BCUT2D eigenvalue weighted by molar-refractivity contribution is 7.15. The first-order valence-corrected chi connectivity index (χ1v) is 8.61. The third-order valence-corrected chi connectivity index (χ3v) is 5.27. The zero-order chi connectivity index (χ0) is 17.3. The van der Waals surface area contributed by atoms with E-state index in [9.17, 15) is 4.79 Å². The number of primary amides is 1. The molecule has 0 atom stereocenters. The summed E-state index contributed by atoms with van der Waals surface area (Å²) in [6.07, 6.45) is 3.65. The molecule has 0 saturated heterocycles. The molecule has 5 heteroatoms. The van der Waals surface area contributed by atoms with Gasteiger partial charge in [0.25, 0.3) is 0 Å². The van der Waals surface area contributed by atoms with Gasteiger partial charge in [0.15, 0.2) is 0 Å². The summed E-state index contributed by atoms with van der Waals surface area (Å²) in [5.41, 5.74) is 9.96. The van der Waals surface area contributed by atoms with E-state index in [0.717, 1.165) is 27.4 Å². The highest BCUT2D eigenvalue weighted by Crippen LogP contribution is 2.38. The molecular formula is C19H19N3OS. The SMILES string of the molecule is Cc1ccncc1-c1nc(-c2cccc(C(N)=O)c2)sc1C(C)C. The third-order valence-electron chi connectivity index (χ3n) is 3.87. The number of carbonyl (C=O) groups is 1. The quantitative estimate of drug-likeness (QED) is 0.767. The fraction of sp³-hybridized carbons (Fsp3) is 0.211. The first kappa shape index (κ1) is 16.3. The molecule has 0 aliphatic carbocycles. The maximum absolute atomic E-state index is 11.4. The van der Waals surface area contributed by atoms with Gasteiger partial charge in [-0.1, -0.05) is 26.0 Å². The number of hydrogen-bond donors (Lipinski definition) is 1. The molecule has 0 spiro atoms. The molecule has 24 heavy (non-hydrogen) atoms. The Kier molecular flexibility index (Phi) is 4.44. The van der Waals surface area contributed by atoms with Crippen LogP contribution in [0.1, 0.15) is 40.6 Å². The summed E-state index contributed by atoms with van der Waals surface area (Å²) in [6.45, 7) is 6.38. The minimum atomic E-state index is -0.430. The monoisotopic (exact) mass is 337 g/mol. The number of carbonyl (C=O) groups excluding carboxylic acids is 1. The Morgan fingerprint density at radius 1 is 1.25 bits per heavy atom. The number of hydrogen-bond acceptors (Lipinski definition) is 4. The Hall–Kier alpha value is -2.53. The predicted molar refractivity (Wildman–Crippen MR) is 98.1 cm³/mol. The van der Waals surface area contributed by atoms with E-state index >= 15 is 0 Å². The Bertz CT molecular complexity index is 899. The summed E-state index contributed by atoms with van der Waals surface area (Å²) in [5.74, 6) is -0.0778. The molecule has 122 valence electrons. The molecule has 2 heterocycles. The second-order valence-corrected chi connectivity index (χ2v) is 7.05. The molecule has 2 N–H and O–H groups in total. The molecular weight excluding hydrogens is 318 g/mol. The largest absolute Gasteiger partial charge is 0.366 e. The van der Waals surface area contributed by atoms with Gasteiger partial charge in [-0.2, -0.15) is 0 Å². The molecule has 0 aliphatic rings. The molecule has 3 aromatic rings. The van der Waals surface area contributed by atoms with Crippen LogP contribution in [0.2, 0.25) is 0 Å². The standard InChI is InChI=1S/C19H19N3OS/c1-11(2)17-16(15-10-21-8-7-12(15)3)22-19(24-17)14-6-4-5-13(9-14)18(20)23/h4-11H,1-3H3,(H2,20,23). The van der Waals surface area contributed by atoms with E-state index in [2.05, 4.69) is 25.8 Å². The minimum Gasteiger partial charge on any atom is -0.366 e. The van der Waals surface area contributed by atoms with Gasteiger partial charge >= 0.3 is 0 Å². The predicted octanol–water partition coefficient (Wildman–Crippen LogP) is 4.40. The van der Waals surface area contributed by atoms with Gasteiger partial charge in [0.05, 0.1) is 5.69 Å². The van der Waals surface area contributed by atoms with E-state index in [0.29, 0.717) is 11.5 Å². The van der Waals surface area contributed by atoms with Gasteiger partial charge in [-0.05, 0) is 36.6 Å². The van der Waals surface area contributed by atoms with Crippen molar-refractivity contribution < 1.29 is 4.79 Å². The molecule has 3 rings (SSSR count). The van der Waals surface area contributed by atoms with E-state index in [1.807, 2.05) is 24.4 Å². The number of pyridine rings is 1.